The van der Waals surface area contributed by atoms with Gasteiger partial charge in [0, 0.05) is 24.0 Å². The zero-order chi connectivity index (χ0) is 19.9. The molecule has 0 radical (unpaired) electrons. The van der Waals surface area contributed by atoms with Gasteiger partial charge in [0.2, 0.25) is 5.91 Å². The number of benzene rings is 2. The first-order chi connectivity index (χ1) is 13.6. The van der Waals surface area contributed by atoms with Gasteiger partial charge in [0.15, 0.2) is 11.5 Å². The largest absolute Gasteiger partial charge is 0.493 e. The number of carbonyl (C=O) groups excluding carboxylic acids is 1. The van der Waals surface area contributed by atoms with E-state index in [1.165, 1.54) is 0 Å². The van der Waals surface area contributed by atoms with Crippen LogP contribution in [-0.4, -0.2) is 25.1 Å². The predicted octanol–water partition coefficient (Wildman–Crippen LogP) is 3.18. The number of methoxy groups -OCH3 is 2. The molecule has 0 aliphatic heterocycles. The monoisotopic (exact) mass is 380 g/mol. The van der Waals surface area contributed by atoms with Crippen molar-refractivity contribution >= 4 is 16.8 Å². The van der Waals surface area contributed by atoms with E-state index in [9.17, 15) is 9.59 Å². The maximum atomic E-state index is 12.1. The Bertz CT molecular complexity index is 1030. The molecule has 3 rings (SSSR count). The summed E-state index contributed by atoms with van der Waals surface area (Å²) < 4.78 is 10.5. The molecule has 0 fully saturated rings. The van der Waals surface area contributed by atoms with Gasteiger partial charge in [0.05, 0.1) is 14.2 Å². The van der Waals surface area contributed by atoms with Crippen LogP contribution in [0.2, 0.25) is 0 Å². The second kappa shape index (κ2) is 9.08. The fourth-order valence-corrected chi connectivity index (χ4v) is 3.10. The number of fused-ring (bicyclic) bond motifs is 1. The van der Waals surface area contributed by atoms with Crippen molar-refractivity contribution in [3.05, 3.63) is 70.0 Å². The molecule has 2 aromatic carbocycles. The lowest BCUT2D eigenvalue weighted by atomic mass is 10.1. The zero-order valence-electron chi connectivity index (χ0n) is 16.1. The summed E-state index contributed by atoms with van der Waals surface area (Å²) in [4.78, 5) is 27.1. The molecular formula is C22H24N2O4. The second-order valence-electron chi connectivity index (χ2n) is 6.53. The summed E-state index contributed by atoms with van der Waals surface area (Å²) in [6, 6.07) is 15.1. The Morgan fingerprint density at radius 1 is 1.04 bits per heavy atom. The minimum atomic E-state index is -0.177. The molecule has 1 heterocycles. The van der Waals surface area contributed by atoms with Crippen molar-refractivity contribution in [1.29, 1.82) is 0 Å². The first-order valence-electron chi connectivity index (χ1n) is 9.19. The number of carbonyl (C=O) groups is 1. The molecule has 2 N–H and O–H groups in total. The third-order valence-electron chi connectivity index (χ3n) is 4.62. The van der Waals surface area contributed by atoms with E-state index in [1.807, 2.05) is 48.5 Å². The normalized spacial score (nSPS) is 10.6. The molecule has 6 heteroatoms. The number of aromatic nitrogens is 1. The van der Waals surface area contributed by atoms with Crippen LogP contribution in [0.4, 0.5) is 0 Å². The van der Waals surface area contributed by atoms with Crippen LogP contribution in [0.3, 0.4) is 0 Å². The third kappa shape index (κ3) is 4.71. The molecule has 3 aromatic rings. The maximum absolute atomic E-state index is 12.1. The van der Waals surface area contributed by atoms with Gasteiger partial charge in [0.1, 0.15) is 0 Å². The van der Waals surface area contributed by atoms with Crippen molar-refractivity contribution in [2.24, 2.45) is 0 Å². The number of H-pyrrole nitrogens is 1. The summed E-state index contributed by atoms with van der Waals surface area (Å²) in [6.45, 7) is 0.218. The molecular weight excluding hydrogens is 356 g/mol. The number of aryl methyl sites for hydroxylation is 1. The molecule has 0 aliphatic rings. The van der Waals surface area contributed by atoms with Crippen LogP contribution in [0.15, 0.2) is 53.3 Å². The van der Waals surface area contributed by atoms with Crippen molar-refractivity contribution in [2.75, 3.05) is 14.2 Å². The molecule has 28 heavy (non-hydrogen) atoms. The lowest BCUT2D eigenvalue weighted by Gasteiger charge is -2.10. The van der Waals surface area contributed by atoms with Gasteiger partial charge < -0.3 is 19.8 Å². The van der Waals surface area contributed by atoms with Gasteiger partial charge in [-0.3, -0.25) is 9.59 Å². The molecule has 0 saturated carbocycles. The highest BCUT2D eigenvalue weighted by atomic mass is 16.5. The number of amides is 1. The highest BCUT2D eigenvalue weighted by Crippen LogP contribution is 2.28. The standard InChI is InChI=1S/C22H24N2O4/c1-27-19-11-10-15(12-20(19)28-2)6-5-9-21(25)23-14-17-13-16-7-3-4-8-18(16)24-22(17)26/h3-4,7-8,10-13H,5-6,9,14H2,1-2H3,(H,23,25)(H,24,26). The summed E-state index contributed by atoms with van der Waals surface area (Å²) in [7, 11) is 3.20. The van der Waals surface area contributed by atoms with Gasteiger partial charge in [0.25, 0.3) is 5.56 Å². The number of hydrogen-bond donors (Lipinski definition) is 2. The van der Waals surface area contributed by atoms with Gasteiger partial charge in [-0.2, -0.15) is 0 Å². The van der Waals surface area contributed by atoms with Gasteiger partial charge in [-0.05, 0) is 48.1 Å². The van der Waals surface area contributed by atoms with Crippen molar-refractivity contribution in [1.82, 2.24) is 10.3 Å². The van der Waals surface area contributed by atoms with E-state index in [0.29, 0.717) is 29.9 Å². The van der Waals surface area contributed by atoms with Gasteiger partial charge in [-0.1, -0.05) is 24.3 Å². The van der Waals surface area contributed by atoms with E-state index in [1.54, 1.807) is 14.2 Å². The summed E-state index contributed by atoms with van der Waals surface area (Å²) in [5.41, 5.74) is 2.24. The zero-order valence-corrected chi connectivity index (χ0v) is 16.1. The molecule has 0 saturated heterocycles. The lowest BCUT2D eigenvalue weighted by Crippen LogP contribution is -2.26. The minimum absolute atomic E-state index is 0.0759. The molecule has 0 aliphatic carbocycles. The van der Waals surface area contributed by atoms with Gasteiger partial charge in [-0.25, -0.2) is 0 Å². The summed E-state index contributed by atoms with van der Waals surface area (Å²) in [6.07, 6.45) is 1.85. The van der Waals surface area contributed by atoms with Crippen LogP contribution in [0.5, 0.6) is 11.5 Å². The second-order valence-corrected chi connectivity index (χ2v) is 6.53. The minimum Gasteiger partial charge on any atom is -0.493 e. The molecule has 0 unspecified atom stereocenters. The highest BCUT2D eigenvalue weighted by molar-refractivity contribution is 5.79. The number of hydrogen-bond acceptors (Lipinski definition) is 4. The number of nitrogens with one attached hydrogen (secondary N) is 2. The molecule has 1 aromatic heterocycles. The van der Waals surface area contributed by atoms with Crippen molar-refractivity contribution in [2.45, 2.75) is 25.8 Å². The average Bonchev–Trinajstić information content (AvgIpc) is 2.72. The molecule has 0 bridgehead atoms. The quantitative estimate of drug-likeness (QED) is 0.629. The molecule has 146 valence electrons. The van der Waals surface area contributed by atoms with Crippen molar-refractivity contribution in [3.8, 4) is 11.5 Å². The topological polar surface area (TPSA) is 80.4 Å². The Morgan fingerprint density at radius 3 is 2.61 bits per heavy atom. The van der Waals surface area contributed by atoms with Crippen LogP contribution in [0, 0.1) is 0 Å². The fourth-order valence-electron chi connectivity index (χ4n) is 3.10. The number of ether oxygens (including phenoxy) is 2. The summed E-state index contributed by atoms with van der Waals surface area (Å²) >= 11 is 0. The number of para-hydroxylation sites is 1. The van der Waals surface area contributed by atoms with Crippen molar-refractivity contribution in [3.63, 3.8) is 0 Å². The van der Waals surface area contributed by atoms with Crippen LogP contribution in [-0.2, 0) is 17.8 Å². The lowest BCUT2D eigenvalue weighted by molar-refractivity contribution is -0.121. The Labute approximate surface area is 163 Å². The fraction of sp³-hybridized carbons (Fsp3) is 0.273. The predicted molar refractivity (Wildman–Crippen MR) is 109 cm³/mol. The number of pyridine rings is 1. The van der Waals surface area contributed by atoms with E-state index in [-0.39, 0.29) is 18.0 Å². The Balaban J connectivity index is 1.51. The SMILES string of the molecule is COc1ccc(CCCC(=O)NCc2cc3ccccc3[nH]c2=O)cc1OC. The molecule has 0 atom stereocenters. The molecule has 6 nitrogen and oxygen atoms in total. The summed E-state index contributed by atoms with van der Waals surface area (Å²) in [5.74, 6) is 1.29. The average molecular weight is 380 g/mol. The van der Waals surface area contributed by atoms with Crippen LogP contribution < -0.4 is 20.3 Å². The molecule has 1 amide bonds. The first-order valence-corrected chi connectivity index (χ1v) is 9.19. The maximum Gasteiger partial charge on any atom is 0.253 e. The Morgan fingerprint density at radius 2 is 1.82 bits per heavy atom. The Hall–Kier alpha value is -3.28. The van der Waals surface area contributed by atoms with E-state index < -0.39 is 0 Å². The third-order valence-corrected chi connectivity index (χ3v) is 4.62. The van der Waals surface area contributed by atoms with E-state index in [4.69, 9.17) is 9.47 Å². The van der Waals surface area contributed by atoms with Crippen LogP contribution in [0.1, 0.15) is 24.0 Å². The van der Waals surface area contributed by atoms with Gasteiger partial charge in [-0.15, -0.1) is 0 Å². The highest BCUT2D eigenvalue weighted by Gasteiger charge is 2.08. The number of rotatable bonds is 8. The van der Waals surface area contributed by atoms with Crippen molar-refractivity contribution < 1.29 is 14.3 Å². The molecule has 0 spiro atoms. The Kier molecular flexibility index (Phi) is 6.32. The summed E-state index contributed by atoms with van der Waals surface area (Å²) in [5, 5.41) is 3.77. The smallest absolute Gasteiger partial charge is 0.253 e. The van der Waals surface area contributed by atoms with E-state index in [0.717, 1.165) is 22.9 Å². The van der Waals surface area contributed by atoms with E-state index in [2.05, 4.69) is 10.3 Å². The van der Waals surface area contributed by atoms with Crippen LogP contribution >= 0.6 is 0 Å². The van der Waals surface area contributed by atoms with E-state index >= 15 is 0 Å². The number of aromatic amines is 1. The van der Waals surface area contributed by atoms with Crippen LogP contribution in [0.25, 0.3) is 10.9 Å². The first kappa shape index (κ1) is 19.5. The van der Waals surface area contributed by atoms with Gasteiger partial charge >= 0.3 is 0 Å².